The summed E-state index contributed by atoms with van der Waals surface area (Å²) in [6, 6.07) is 11.5. The lowest BCUT2D eigenvalue weighted by Gasteiger charge is -2.07. The van der Waals surface area contributed by atoms with Crippen LogP contribution in [0, 0.1) is 0 Å². The van der Waals surface area contributed by atoms with E-state index in [1.165, 1.54) is 0 Å². The molecule has 2 aromatic carbocycles. The minimum Gasteiger partial charge on any atom is -0.322 e. The van der Waals surface area contributed by atoms with E-state index in [-0.39, 0.29) is 10.8 Å². The molecule has 0 atom stereocenters. The zero-order valence-electron chi connectivity index (χ0n) is 12.5. The number of nitrogens with one attached hydrogen (secondary N) is 2. The molecule has 1 aliphatic rings. The van der Waals surface area contributed by atoms with E-state index in [2.05, 4.69) is 10.6 Å². The number of carbonyl (C=O) groups excluding carboxylic acids is 3. The Labute approximate surface area is 157 Å². The predicted octanol–water partition coefficient (Wildman–Crippen LogP) is 4.57. The molecule has 0 aromatic heterocycles. The molecule has 25 heavy (non-hydrogen) atoms. The van der Waals surface area contributed by atoms with Crippen LogP contribution in [0.5, 0.6) is 0 Å². The van der Waals surface area contributed by atoms with Crippen LogP contribution in [0.4, 0.5) is 10.5 Å². The summed E-state index contributed by atoms with van der Waals surface area (Å²) in [5.41, 5.74) is 1.55. The molecule has 1 saturated heterocycles. The van der Waals surface area contributed by atoms with E-state index in [0.717, 1.165) is 11.8 Å². The Bertz CT molecular complexity index is 928. The van der Waals surface area contributed by atoms with Gasteiger partial charge < -0.3 is 5.32 Å². The molecular formula is C17H10Cl2N2O3S. The number of carbonyl (C=O) groups is 3. The van der Waals surface area contributed by atoms with Crippen LogP contribution >= 0.6 is 35.0 Å². The number of imide groups is 1. The van der Waals surface area contributed by atoms with E-state index in [4.69, 9.17) is 23.2 Å². The van der Waals surface area contributed by atoms with Gasteiger partial charge in [-0.05, 0) is 53.7 Å². The summed E-state index contributed by atoms with van der Waals surface area (Å²) < 4.78 is 0. The second-order valence-corrected chi connectivity index (χ2v) is 6.89. The van der Waals surface area contributed by atoms with Crippen LogP contribution in [0.2, 0.25) is 10.0 Å². The number of halogens is 2. The van der Waals surface area contributed by atoms with Gasteiger partial charge in [-0.1, -0.05) is 35.3 Å². The first-order valence-corrected chi connectivity index (χ1v) is 8.61. The van der Waals surface area contributed by atoms with Crippen molar-refractivity contribution >= 4 is 63.8 Å². The molecule has 0 unspecified atom stereocenters. The van der Waals surface area contributed by atoms with Gasteiger partial charge in [0, 0.05) is 11.3 Å². The summed E-state index contributed by atoms with van der Waals surface area (Å²) >= 11 is 12.6. The van der Waals surface area contributed by atoms with Gasteiger partial charge in [-0.2, -0.15) is 0 Å². The van der Waals surface area contributed by atoms with Crippen molar-refractivity contribution in [3.63, 3.8) is 0 Å². The van der Waals surface area contributed by atoms with Gasteiger partial charge in [-0.25, -0.2) is 0 Å². The number of rotatable bonds is 3. The summed E-state index contributed by atoms with van der Waals surface area (Å²) in [7, 11) is 0. The Kier molecular flexibility index (Phi) is 5.13. The molecule has 8 heteroatoms. The molecule has 0 radical (unpaired) electrons. The average molecular weight is 393 g/mol. The first kappa shape index (κ1) is 17.5. The van der Waals surface area contributed by atoms with Gasteiger partial charge in [-0.3, -0.25) is 19.7 Å². The summed E-state index contributed by atoms with van der Waals surface area (Å²) in [5.74, 6) is -0.779. The van der Waals surface area contributed by atoms with E-state index >= 15 is 0 Å². The molecule has 0 aliphatic carbocycles. The number of hydrogen-bond donors (Lipinski definition) is 2. The van der Waals surface area contributed by atoms with Gasteiger partial charge in [0.15, 0.2) is 0 Å². The highest BCUT2D eigenvalue weighted by molar-refractivity contribution is 8.18. The van der Waals surface area contributed by atoms with Crippen molar-refractivity contribution in [3.8, 4) is 0 Å². The Balaban J connectivity index is 1.80. The van der Waals surface area contributed by atoms with E-state index in [9.17, 15) is 14.4 Å². The third-order valence-corrected chi connectivity index (χ3v) is 4.82. The minimum atomic E-state index is -0.444. The Morgan fingerprint density at radius 1 is 1.08 bits per heavy atom. The van der Waals surface area contributed by atoms with E-state index in [1.54, 1.807) is 48.5 Å². The van der Waals surface area contributed by atoms with Gasteiger partial charge in [0.25, 0.3) is 17.1 Å². The van der Waals surface area contributed by atoms with Gasteiger partial charge in [-0.15, -0.1) is 0 Å². The highest BCUT2D eigenvalue weighted by Crippen LogP contribution is 2.27. The lowest BCUT2D eigenvalue weighted by atomic mass is 10.1. The minimum absolute atomic E-state index is 0.284. The van der Waals surface area contributed by atoms with Gasteiger partial charge in [0.05, 0.1) is 15.0 Å². The highest BCUT2D eigenvalue weighted by Gasteiger charge is 2.24. The van der Waals surface area contributed by atoms with Crippen molar-refractivity contribution in [2.75, 3.05) is 5.32 Å². The fraction of sp³-hybridized carbons (Fsp3) is 0. The lowest BCUT2D eigenvalue weighted by Crippen LogP contribution is -2.17. The van der Waals surface area contributed by atoms with Crippen LogP contribution in [-0.4, -0.2) is 17.1 Å². The Hall–Kier alpha value is -2.28. The Morgan fingerprint density at radius 2 is 1.88 bits per heavy atom. The highest BCUT2D eigenvalue weighted by atomic mass is 35.5. The smallest absolute Gasteiger partial charge is 0.290 e. The molecule has 5 nitrogen and oxygen atoms in total. The summed E-state index contributed by atoms with van der Waals surface area (Å²) in [5, 5.41) is 5.23. The van der Waals surface area contributed by atoms with Crippen molar-refractivity contribution in [3.05, 3.63) is 68.5 Å². The zero-order chi connectivity index (χ0) is 18.0. The van der Waals surface area contributed by atoms with Gasteiger partial charge >= 0.3 is 0 Å². The van der Waals surface area contributed by atoms with Crippen molar-refractivity contribution in [2.24, 2.45) is 0 Å². The second-order valence-electron chi connectivity index (χ2n) is 5.06. The maximum absolute atomic E-state index is 12.4. The van der Waals surface area contributed by atoms with Crippen molar-refractivity contribution in [2.45, 2.75) is 0 Å². The first-order valence-electron chi connectivity index (χ1n) is 7.04. The van der Waals surface area contributed by atoms with E-state index < -0.39 is 11.1 Å². The normalized spacial score (nSPS) is 15.4. The van der Waals surface area contributed by atoms with Gasteiger partial charge in [0.2, 0.25) is 0 Å². The fourth-order valence-electron chi connectivity index (χ4n) is 2.12. The number of hydrogen-bond acceptors (Lipinski definition) is 4. The van der Waals surface area contributed by atoms with Crippen LogP contribution in [0.3, 0.4) is 0 Å². The summed E-state index contributed by atoms with van der Waals surface area (Å²) in [4.78, 5) is 35.4. The maximum Gasteiger partial charge on any atom is 0.290 e. The molecule has 126 valence electrons. The topological polar surface area (TPSA) is 75.3 Å². The molecule has 0 saturated carbocycles. The Morgan fingerprint density at radius 3 is 2.56 bits per heavy atom. The zero-order valence-corrected chi connectivity index (χ0v) is 14.8. The number of amides is 3. The number of benzene rings is 2. The number of thioether (sulfide) groups is 1. The average Bonchev–Trinajstić information content (AvgIpc) is 2.88. The summed E-state index contributed by atoms with van der Waals surface area (Å²) in [6.45, 7) is 0. The molecule has 2 N–H and O–H groups in total. The van der Waals surface area contributed by atoms with Crippen LogP contribution in [-0.2, 0) is 4.79 Å². The lowest BCUT2D eigenvalue weighted by molar-refractivity contribution is -0.115. The molecule has 0 bridgehead atoms. The van der Waals surface area contributed by atoms with Crippen molar-refractivity contribution in [1.29, 1.82) is 0 Å². The van der Waals surface area contributed by atoms with Crippen LogP contribution in [0.1, 0.15) is 15.9 Å². The second kappa shape index (κ2) is 7.31. The largest absolute Gasteiger partial charge is 0.322 e. The molecule has 1 aliphatic heterocycles. The molecule has 0 spiro atoms. The van der Waals surface area contributed by atoms with Crippen LogP contribution in [0.25, 0.3) is 6.08 Å². The van der Waals surface area contributed by atoms with Crippen LogP contribution in [0.15, 0.2) is 47.4 Å². The van der Waals surface area contributed by atoms with E-state index in [1.807, 2.05) is 0 Å². The third kappa shape index (κ3) is 4.22. The maximum atomic E-state index is 12.4. The standard InChI is InChI=1S/C17H10Cl2N2O3S/c18-12-5-4-11(8-13(12)19)20-15(22)10-3-1-2-9(6-10)7-14-16(23)21-17(24)25-14/h1-8H,(H,20,22)(H,21,23,24). The third-order valence-electron chi connectivity index (χ3n) is 3.27. The van der Waals surface area contributed by atoms with Crippen LogP contribution < -0.4 is 10.6 Å². The van der Waals surface area contributed by atoms with E-state index in [0.29, 0.717) is 26.9 Å². The fourth-order valence-corrected chi connectivity index (χ4v) is 3.10. The quantitative estimate of drug-likeness (QED) is 0.750. The molecule has 3 rings (SSSR count). The SMILES string of the molecule is O=C1NC(=O)C(=Cc2cccc(C(=O)Nc3ccc(Cl)c(Cl)c3)c2)S1. The molecule has 1 heterocycles. The first-order chi connectivity index (χ1) is 11.9. The predicted molar refractivity (Wildman–Crippen MR) is 100.0 cm³/mol. The molecule has 1 fully saturated rings. The van der Waals surface area contributed by atoms with Crippen molar-refractivity contribution in [1.82, 2.24) is 5.32 Å². The monoisotopic (exact) mass is 392 g/mol. The molecular weight excluding hydrogens is 383 g/mol. The summed E-state index contributed by atoms with van der Waals surface area (Å²) in [6.07, 6.45) is 1.56. The van der Waals surface area contributed by atoms with Crippen molar-refractivity contribution < 1.29 is 14.4 Å². The number of anilines is 1. The van der Waals surface area contributed by atoms with Gasteiger partial charge in [0.1, 0.15) is 0 Å². The molecule has 2 aromatic rings. The molecule has 3 amide bonds.